The summed E-state index contributed by atoms with van der Waals surface area (Å²) in [5, 5.41) is 3.02. The molecule has 1 N–H and O–H groups in total. The maximum atomic E-state index is 11.9. The molecule has 4 nitrogen and oxygen atoms in total. The molecule has 1 aromatic rings. The maximum absolute atomic E-state index is 11.9. The van der Waals surface area contributed by atoms with E-state index in [0.29, 0.717) is 11.3 Å². The summed E-state index contributed by atoms with van der Waals surface area (Å²) in [5.74, 6) is 0.452. The van der Waals surface area contributed by atoms with E-state index >= 15 is 0 Å². The van der Waals surface area contributed by atoms with Crippen molar-refractivity contribution in [3.05, 3.63) is 29.8 Å². The lowest BCUT2D eigenvalue weighted by Gasteiger charge is -2.23. The van der Waals surface area contributed by atoms with Gasteiger partial charge >= 0.3 is 0 Å². The van der Waals surface area contributed by atoms with Gasteiger partial charge in [0, 0.05) is 29.7 Å². The Bertz CT molecular complexity index is 484. The van der Waals surface area contributed by atoms with Crippen molar-refractivity contribution < 1.29 is 14.3 Å². The number of carbonyl (C=O) groups excluding carboxylic acids is 2. The number of rotatable bonds is 5. The van der Waals surface area contributed by atoms with Crippen LogP contribution >= 0.6 is 11.8 Å². The van der Waals surface area contributed by atoms with Crippen LogP contribution in [-0.2, 0) is 9.53 Å². The number of Topliss-reactive ketones (excluding diaryl/α,β-unsaturated/α-hetero) is 1. The van der Waals surface area contributed by atoms with Crippen molar-refractivity contribution in [2.75, 3.05) is 19.0 Å². The van der Waals surface area contributed by atoms with E-state index in [1.54, 1.807) is 13.0 Å². The third-order valence-corrected chi connectivity index (χ3v) is 4.19. The second kappa shape index (κ2) is 7.45. The molecule has 1 aliphatic rings. The molecule has 0 aromatic heterocycles. The van der Waals surface area contributed by atoms with E-state index < -0.39 is 0 Å². The fraction of sp³-hybridized carbons (Fsp3) is 0.467. The third-order valence-electron chi connectivity index (χ3n) is 3.20. The van der Waals surface area contributed by atoms with E-state index in [-0.39, 0.29) is 17.7 Å². The minimum Gasteiger partial charge on any atom is -0.381 e. The predicted octanol–water partition coefficient (Wildman–Crippen LogP) is 2.28. The molecular weight excluding hydrogens is 274 g/mol. The molecule has 1 heterocycles. The monoisotopic (exact) mass is 293 g/mol. The Morgan fingerprint density at radius 1 is 1.35 bits per heavy atom. The third kappa shape index (κ3) is 4.65. The molecule has 0 unspecified atom stereocenters. The van der Waals surface area contributed by atoms with Crippen LogP contribution in [0.2, 0.25) is 0 Å². The lowest BCUT2D eigenvalue weighted by molar-refractivity contribution is -0.119. The molecule has 0 aliphatic carbocycles. The fourth-order valence-electron chi connectivity index (χ4n) is 2.07. The molecule has 108 valence electrons. The van der Waals surface area contributed by atoms with Crippen LogP contribution in [0.5, 0.6) is 0 Å². The van der Waals surface area contributed by atoms with Crippen LogP contribution in [-0.4, -0.2) is 36.7 Å². The normalized spacial score (nSPS) is 15.8. The molecule has 1 amide bonds. The van der Waals surface area contributed by atoms with E-state index in [0.717, 1.165) is 31.0 Å². The fourth-order valence-corrected chi connectivity index (χ4v) is 2.83. The topological polar surface area (TPSA) is 55.4 Å². The Hall–Kier alpha value is -1.33. The molecule has 20 heavy (non-hydrogen) atoms. The van der Waals surface area contributed by atoms with Gasteiger partial charge in [0.05, 0.1) is 5.75 Å². The molecule has 0 saturated carbocycles. The second-order valence-corrected chi connectivity index (χ2v) is 5.88. The van der Waals surface area contributed by atoms with Crippen molar-refractivity contribution in [2.24, 2.45) is 0 Å². The van der Waals surface area contributed by atoms with Gasteiger partial charge in [0.25, 0.3) is 0 Å². The largest absolute Gasteiger partial charge is 0.381 e. The molecular formula is C15H19NO3S. The molecule has 0 spiro atoms. The molecule has 1 aliphatic heterocycles. The van der Waals surface area contributed by atoms with Crippen LogP contribution in [0.25, 0.3) is 0 Å². The van der Waals surface area contributed by atoms with Crippen LogP contribution in [0.15, 0.2) is 29.2 Å². The zero-order chi connectivity index (χ0) is 14.4. The van der Waals surface area contributed by atoms with Crippen molar-refractivity contribution >= 4 is 23.5 Å². The van der Waals surface area contributed by atoms with Crippen LogP contribution in [0.1, 0.15) is 30.1 Å². The van der Waals surface area contributed by atoms with Crippen LogP contribution in [0, 0.1) is 0 Å². The van der Waals surface area contributed by atoms with Gasteiger partial charge in [-0.15, -0.1) is 11.8 Å². The number of carbonyl (C=O) groups is 2. The Morgan fingerprint density at radius 3 is 2.80 bits per heavy atom. The average molecular weight is 293 g/mol. The second-order valence-electron chi connectivity index (χ2n) is 4.83. The molecule has 1 aromatic carbocycles. The van der Waals surface area contributed by atoms with Crippen LogP contribution in [0.4, 0.5) is 0 Å². The Kier molecular flexibility index (Phi) is 5.61. The van der Waals surface area contributed by atoms with Gasteiger partial charge in [0.15, 0.2) is 5.78 Å². The number of ether oxygens (including phenoxy) is 1. The minimum atomic E-state index is 0.0372. The van der Waals surface area contributed by atoms with Gasteiger partial charge in [-0.1, -0.05) is 12.1 Å². The van der Waals surface area contributed by atoms with Gasteiger partial charge in [-0.25, -0.2) is 0 Å². The zero-order valence-electron chi connectivity index (χ0n) is 11.6. The molecule has 0 bridgehead atoms. The summed E-state index contributed by atoms with van der Waals surface area (Å²) in [6, 6.07) is 7.61. The van der Waals surface area contributed by atoms with Crippen molar-refractivity contribution in [1.82, 2.24) is 5.32 Å². The minimum absolute atomic E-state index is 0.0372. The van der Waals surface area contributed by atoms with Gasteiger partial charge < -0.3 is 10.1 Å². The van der Waals surface area contributed by atoms with Crippen LogP contribution < -0.4 is 5.32 Å². The van der Waals surface area contributed by atoms with Gasteiger partial charge in [-0.05, 0) is 31.9 Å². The first-order valence-electron chi connectivity index (χ1n) is 6.76. The highest BCUT2D eigenvalue weighted by molar-refractivity contribution is 8.00. The van der Waals surface area contributed by atoms with E-state index in [9.17, 15) is 9.59 Å². The van der Waals surface area contributed by atoms with E-state index in [1.165, 1.54) is 11.8 Å². The smallest absolute Gasteiger partial charge is 0.230 e. The van der Waals surface area contributed by atoms with Crippen molar-refractivity contribution in [1.29, 1.82) is 0 Å². The first kappa shape index (κ1) is 15.1. The summed E-state index contributed by atoms with van der Waals surface area (Å²) in [6.07, 6.45) is 1.77. The molecule has 2 rings (SSSR count). The summed E-state index contributed by atoms with van der Waals surface area (Å²) in [4.78, 5) is 24.1. The molecule has 0 atom stereocenters. The predicted molar refractivity (Wildman–Crippen MR) is 79.2 cm³/mol. The molecule has 1 fully saturated rings. The summed E-state index contributed by atoms with van der Waals surface area (Å²) >= 11 is 1.45. The Labute approximate surface area is 123 Å². The van der Waals surface area contributed by atoms with E-state index in [4.69, 9.17) is 4.74 Å². The molecule has 5 heteroatoms. The van der Waals surface area contributed by atoms with E-state index in [2.05, 4.69) is 5.32 Å². The zero-order valence-corrected chi connectivity index (χ0v) is 12.4. The summed E-state index contributed by atoms with van der Waals surface area (Å²) in [7, 11) is 0. The standard InChI is InChI=1S/C15H19NO3S/c1-11(17)12-3-2-4-14(9-12)20-10-15(18)16-13-5-7-19-8-6-13/h2-4,9,13H,5-8,10H2,1H3,(H,16,18). The van der Waals surface area contributed by atoms with Crippen LogP contribution in [0.3, 0.4) is 0 Å². The van der Waals surface area contributed by atoms with Crippen molar-refractivity contribution in [3.63, 3.8) is 0 Å². The Morgan fingerprint density at radius 2 is 2.10 bits per heavy atom. The summed E-state index contributed by atoms with van der Waals surface area (Å²) in [5.41, 5.74) is 0.680. The number of hydrogen-bond acceptors (Lipinski definition) is 4. The number of amides is 1. The average Bonchev–Trinajstić information content (AvgIpc) is 2.46. The number of nitrogens with one attached hydrogen (secondary N) is 1. The Balaban J connectivity index is 1.80. The van der Waals surface area contributed by atoms with Crippen molar-refractivity contribution in [3.8, 4) is 0 Å². The van der Waals surface area contributed by atoms with Crippen molar-refractivity contribution in [2.45, 2.75) is 30.7 Å². The lowest BCUT2D eigenvalue weighted by atomic mass is 10.1. The maximum Gasteiger partial charge on any atom is 0.230 e. The highest BCUT2D eigenvalue weighted by Gasteiger charge is 2.16. The van der Waals surface area contributed by atoms with Gasteiger partial charge in [0.1, 0.15) is 0 Å². The quantitative estimate of drug-likeness (QED) is 0.668. The summed E-state index contributed by atoms with van der Waals surface area (Å²) < 4.78 is 5.26. The number of hydrogen-bond donors (Lipinski definition) is 1. The SMILES string of the molecule is CC(=O)c1cccc(SCC(=O)NC2CCOCC2)c1. The summed E-state index contributed by atoms with van der Waals surface area (Å²) in [6.45, 7) is 2.99. The first-order valence-corrected chi connectivity index (χ1v) is 7.74. The first-order chi connectivity index (χ1) is 9.65. The highest BCUT2D eigenvalue weighted by Crippen LogP contribution is 2.19. The van der Waals surface area contributed by atoms with Gasteiger partial charge in [-0.3, -0.25) is 9.59 Å². The number of thioether (sulfide) groups is 1. The highest BCUT2D eigenvalue weighted by atomic mass is 32.2. The molecule has 1 saturated heterocycles. The number of benzene rings is 1. The molecule has 0 radical (unpaired) electrons. The van der Waals surface area contributed by atoms with E-state index in [1.807, 2.05) is 18.2 Å². The van der Waals surface area contributed by atoms with Gasteiger partial charge in [-0.2, -0.15) is 0 Å². The van der Waals surface area contributed by atoms with Gasteiger partial charge in [0.2, 0.25) is 5.91 Å². The number of ketones is 1. The lowest BCUT2D eigenvalue weighted by Crippen LogP contribution is -2.39.